The van der Waals surface area contributed by atoms with Crippen LogP contribution >= 0.6 is 11.3 Å². The van der Waals surface area contributed by atoms with Crippen molar-refractivity contribution in [3.63, 3.8) is 0 Å². The number of carbonyl (C=O) groups is 2. The Balaban J connectivity index is 1.71. The van der Waals surface area contributed by atoms with Crippen molar-refractivity contribution in [3.8, 4) is 0 Å². The fourth-order valence-electron chi connectivity index (χ4n) is 4.41. The van der Waals surface area contributed by atoms with Gasteiger partial charge in [-0.1, -0.05) is 6.07 Å². The fraction of sp³-hybridized carbons (Fsp3) is 0.542. The third-order valence-electron chi connectivity index (χ3n) is 5.82. The zero-order chi connectivity index (χ0) is 25.6. The Morgan fingerprint density at radius 3 is 2.20 bits per heavy atom. The summed E-state index contributed by atoms with van der Waals surface area (Å²) >= 11 is 0.915. The number of nitrogens with one attached hydrogen (secondary N) is 2. The predicted molar refractivity (Wildman–Crippen MR) is 135 cm³/mol. The molecule has 1 aromatic carbocycles. The lowest BCUT2D eigenvalue weighted by molar-refractivity contribution is 0.0571. The van der Waals surface area contributed by atoms with Crippen LogP contribution in [0.2, 0.25) is 0 Å². The number of carbonyl (C=O) groups excluding carboxylic acids is 2. The summed E-state index contributed by atoms with van der Waals surface area (Å²) in [6.45, 7) is 8.11. The minimum Gasteiger partial charge on any atom is -0.443 e. The number of benzene rings is 1. The molecule has 1 aromatic heterocycles. The average molecular weight is 521 g/mol. The largest absolute Gasteiger partial charge is 0.443 e. The number of thiazole rings is 1. The Labute approximate surface area is 210 Å². The van der Waals surface area contributed by atoms with E-state index >= 15 is 0 Å². The van der Waals surface area contributed by atoms with Gasteiger partial charge >= 0.3 is 12.1 Å². The van der Waals surface area contributed by atoms with Crippen molar-refractivity contribution in [2.24, 2.45) is 4.36 Å². The molecule has 0 bridgehead atoms. The molecule has 190 valence electrons. The smallest absolute Gasteiger partial charge is 0.420 e. The molecule has 1 atom stereocenters. The van der Waals surface area contributed by atoms with Gasteiger partial charge in [0.1, 0.15) is 20.4 Å². The number of hydrogen-bond donors (Lipinski definition) is 3. The zero-order valence-electron chi connectivity index (χ0n) is 20.7. The number of anilines is 1. The molecule has 3 N–H and O–H groups in total. The van der Waals surface area contributed by atoms with E-state index in [1.807, 2.05) is 0 Å². The third-order valence-corrected chi connectivity index (χ3v) is 9.37. The molecule has 0 saturated carbocycles. The van der Waals surface area contributed by atoms with E-state index in [9.17, 15) is 18.9 Å². The summed E-state index contributed by atoms with van der Waals surface area (Å²) in [6.07, 6.45) is 6.01. The molecule has 0 saturated heterocycles. The highest BCUT2D eigenvalue weighted by atomic mass is 32.2. The lowest BCUT2D eigenvalue weighted by atomic mass is 9.99. The predicted octanol–water partition coefficient (Wildman–Crippen LogP) is 4.85. The van der Waals surface area contributed by atoms with E-state index in [0.29, 0.717) is 0 Å². The van der Waals surface area contributed by atoms with Crippen LogP contribution in [-0.4, -0.2) is 32.0 Å². The van der Waals surface area contributed by atoms with Crippen molar-refractivity contribution in [3.05, 3.63) is 39.5 Å². The van der Waals surface area contributed by atoms with Gasteiger partial charge in [0.15, 0.2) is 9.92 Å². The van der Waals surface area contributed by atoms with Crippen LogP contribution < -0.4 is 10.0 Å². The average Bonchev–Trinajstić information content (AvgIpc) is 3.45. The Kier molecular flexibility index (Phi) is 6.71. The van der Waals surface area contributed by atoms with Crippen molar-refractivity contribution < 1.29 is 23.6 Å². The summed E-state index contributed by atoms with van der Waals surface area (Å²) in [6, 6.07) is 1.43. The van der Waals surface area contributed by atoms with Crippen LogP contribution in [0.4, 0.5) is 15.3 Å². The van der Waals surface area contributed by atoms with Gasteiger partial charge < -0.3 is 15.2 Å². The SMILES string of the molecule is CC(C)(C)OC(=O)NS(=O)(=NC(=O)Nc1c2c(cc3c1CCC3)CCC2)c1cnc(C(C)(C)O)s1. The van der Waals surface area contributed by atoms with Crippen molar-refractivity contribution in [1.29, 1.82) is 0 Å². The molecular weight excluding hydrogens is 488 g/mol. The summed E-state index contributed by atoms with van der Waals surface area (Å²) < 4.78 is 25.5. The lowest BCUT2D eigenvalue weighted by Gasteiger charge is -2.20. The van der Waals surface area contributed by atoms with Crippen molar-refractivity contribution >= 4 is 39.1 Å². The minimum absolute atomic E-state index is 0.0409. The monoisotopic (exact) mass is 520 g/mol. The quantitative estimate of drug-likeness (QED) is 0.529. The molecule has 2 aliphatic carbocycles. The summed E-state index contributed by atoms with van der Waals surface area (Å²) in [5.41, 5.74) is 3.34. The fourth-order valence-corrected chi connectivity index (χ4v) is 6.97. The minimum atomic E-state index is -3.79. The van der Waals surface area contributed by atoms with Crippen LogP contribution in [0.15, 0.2) is 20.8 Å². The van der Waals surface area contributed by atoms with Gasteiger partial charge in [0.25, 0.3) is 0 Å². The Morgan fingerprint density at radius 1 is 1.09 bits per heavy atom. The maximum Gasteiger partial charge on any atom is 0.420 e. The zero-order valence-corrected chi connectivity index (χ0v) is 22.3. The van der Waals surface area contributed by atoms with Crippen LogP contribution in [0.3, 0.4) is 0 Å². The summed E-state index contributed by atoms with van der Waals surface area (Å²) in [5.74, 6) is 0. The molecule has 1 heterocycles. The van der Waals surface area contributed by atoms with Gasteiger partial charge in [-0.15, -0.1) is 15.7 Å². The number of aliphatic hydroxyl groups is 1. The first-order chi connectivity index (χ1) is 16.2. The van der Waals surface area contributed by atoms with E-state index < -0.39 is 33.2 Å². The van der Waals surface area contributed by atoms with E-state index in [4.69, 9.17) is 4.74 Å². The molecule has 2 aromatic rings. The van der Waals surface area contributed by atoms with Crippen molar-refractivity contribution in [2.45, 2.75) is 88.6 Å². The molecule has 2 aliphatic rings. The first-order valence-electron chi connectivity index (χ1n) is 11.7. The van der Waals surface area contributed by atoms with Crippen LogP contribution in [-0.2, 0) is 45.9 Å². The highest BCUT2D eigenvalue weighted by Crippen LogP contribution is 2.39. The van der Waals surface area contributed by atoms with E-state index in [2.05, 4.69) is 25.5 Å². The lowest BCUT2D eigenvalue weighted by Crippen LogP contribution is -2.36. The van der Waals surface area contributed by atoms with Crippen molar-refractivity contribution in [1.82, 2.24) is 9.71 Å². The van der Waals surface area contributed by atoms with Crippen LogP contribution in [0.5, 0.6) is 0 Å². The molecule has 0 radical (unpaired) electrons. The molecule has 11 heteroatoms. The molecule has 0 fully saturated rings. The maximum atomic E-state index is 13.9. The number of aromatic nitrogens is 1. The van der Waals surface area contributed by atoms with E-state index in [0.717, 1.165) is 66.7 Å². The molecule has 0 aliphatic heterocycles. The second kappa shape index (κ2) is 9.18. The van der Waals surface area contributed by atoms with E-state index in [1.165, 1.54) is 17.3 Å². The molecule has 9 nitrogen and oxygen atoms in total. The number of urea groups is 1. The third kappa shape index (κ3) is 5.68. The number of nitrogens with zero attached hydrogens (tertiary/aromatic N) is 2. The van der Waals surface area contributed by atoms with Gasteiger partial charge in [0.05, 0.1) is 6.20 Å². The van der Waals surface area contributed by atoms with E-state index in [1.54, 1.807) is 34.6 Å². The number of hydrogen-bond acceptors (Lipinski definition) is 7. The number of amides is 3. The van der Waals surface area contributed by atoms with Gasteiger partial charge in [-0.25, -0.2) is 23.5 Å². The van der Waals surface area contributed by atoms with Gasteiger partial charge in [-0.05, 0) is 95.4 Å². The van der Waals surface area contributed by atoms with E-state index in [-0.39, 0.29) is 9.22 Å². The number of rotatable bonds is 4. The number of ether oxygens (including phenoxy) is 1. The Hall–Kier alpha value is -2.50. The summed E-state index contributed by atoms with van der Waals surface area (Å²) in [7, 11) is -3.79. The molecular formula is C24H32N4O5S2. The number of fused-ring (bicyclic) bond motifs is 2. The second-order valence-electron chi connectivity index (χ2n) is 10.4. The Bertz CT molecular complexity index is 1260. The highest BCUT2D eigenvalue weighted by Gasteiger charge is 2.29. The van der Waals surface area contributed by atoms with Gasteiger partial charge in [-0.3, -0.25) is 0 Å². The first kappa shape index (κ1) is 25.6. The number of aryl methyl sites for hydroxylation is 2. The standard InChI is InChI=1S/C24H32N4O5S2/c1-23(2,3)33-22(30)28-35(32,18-13-25-20(34-18)24(4,5)31)27-21(29)26-19-16-10-6-8-14(16)12-15-9-7-11-17(15)19/h12-13,31H,6-11H2,1-5H3,(H2,26,27,28,29,30,32). The normalized spacial score (nSPS) is 16.7. The van der Waals surface area contributed by atoms with Gasteiger partial charge in [0.2, 0.25) is 0 Å². The maximum absolute atomic E-state index is 13.9. The summed E-state index contributed by atoms with van der Waals surface area (Å²) in [5, 5.41) is 13.5. The molecule has 4 rings (SSSR count). The highest BCUT2D eigenvalue weighted by molar-refractivity contribution is 7.94. The van der Waals surface area contributed by atoms with Crippen molar-refractivity contribution in [2.75, 3.05) is 5.32 Å². The molecule has 1 unspecified atom stereocenters. The molecule has 35 heavy (non-hydrogen) atoms. The molecule has 0 spiro atoms. The molecule has 3 amide bonds. The van der Waals surface area contributed by atoms with Crippen LogP contribution in [0.25, 0.3) is 0 Å². The first-order valence-corrected chi connectivity index (χ1v) is 14.0. The van der Waals surface area contributed by atoms with Crippen LogP contribution in [0, 0.1) is 0 Å². The second-order valence-corrected chi connectivity index (χ2v) is 13.6. The van der Waals surface area contributed by atoms with Gasteiger partial charge in [0, 0.05) is 5.69 Å². The van der Waals surface area contributed by atoms with Crippen LogP contribution in [0.1, 0.15) is 74.7 Å². The van der Waals surface area contributed by atoms with Gasteiger partial charge in [-0.2, -0.15) is 0 Å². The topological polar surface area (TPSA) is 130 Å². The summed E-state index contributed by atoms with van der Waals surface area (Å²) in [4.78, 5) is 29.8. The Morgan fingerprint density at radius 2 is 1.69 bits per heavy atom.